The zero-order valence-electron chi connectivity index (χ0n) is 18.6. The summed E-state index contributed by atoms with van der Waals surface area (Å²) in [6.07, 6.45) is -5.02. The van der Waals surface area contributed by atoms with Crippen molar-refractivity contribution >= 4 is 33.4 Å². The first-order chi connectivity index (χ1) is 17.6. The van der Waals surface area contributed by atoms with E-state index < -0.39 is 45.1 Å². The van der Waals surface area contributed by atoms with Gasteiger partial charge in [-0.3, -0.25) is 14.9 Å². The first-order valence-electron chi connectivity index (χ1n) is 10.8. The fourth-order valence-electron chi connectivity index (χ4n) is 4.09. The molecule has 5 aromatic rings. The van der Waals surface area contributed by atoms with E-state index in [1.807, 2.05) is 0 Å². The normalized spacial score (nSPS) is 11.5. The molecule has 1 heterocycles. The van der Waals surface area contributed by atoms with Crippen LogP contribution in [0.25, 0.3) is 32.9 Å². The summed E-state index contributed by atoms with van der Waals surface area (Å²) in [4.78, 5) is 36.3. The number of hydrogen-bond acceptors (Lipinski definition) is 6. The molecule has 0 N–H and O–H groups in total. The lowest BCUT2D eigenvalue weighted by molar-refractivity contribution is -0.385. The lowest BCUT2D eigenvalue weighted by atomic mass is 9.96. The van der Waals surface area contributed by atoms with Crippen molar-refractivity contribution in [3.63, 3.8) is 0 Å². The number of benzene rings is 4. The van der Waals surface area contributed by atoms with Gasteiger partial charge in [0, 0.05) is 12.1 Å². The predicted molar refractivity (Wildman–Crippen MR) is 128 cm³/mol. The number of ether oxygens (including phenoxy) is 1. The number of alkyl halides is 3. The van der Waals surface area contributed by atoms with Crippen LogP contribution in [0.4, 0.5) is 18.9 Å². The largest absolute Gasteiger partial charge is 0.450 e. The fraction of sp³-hybridized carbons (Fsp3) is 0.0370. The lowest BCUT2D eigenvalue weighted by Gasteiger charge is -2.14. The first-order valence-corrected chi connectivity index (χ1v) is 10.8. The van der Waals surface area contributed by atoms with Crippen molar-refractivity contribution in [1.29, 1.82) is 0 Å². The molecule has 4 aromatic carbocycles. The van der Waals surface area contributed by atoms with Crippen LogP contribution < -0.4 is 10.2 Å². The van der Waals surface area contributed by atoms with E-state index in [2.05, 4.69) is 0 Å². The van der Waals surface area contributed by atoms with Crippen LogP contribution in [-0.4, -0.2) is 10.9 Å². The lowest BCUT2D eigenvalue weighted by Crippen LogP contribution is -2.16. The van der Waals surface area contributed by atoms with Crippen LogP contribution in [0.1, 0.15) is 16.1 Å². The van der Waals surface area contributed by atoms with Gasteiger partial charge in [-0.25, -0.2) is 4.79 Å². The summed E-state index contributed by atoms with van der Waals surface area (Å²) in [6, 6.07) is 19.8. The topological polar surface area (TPSA) is 99.7 Å². The molecule has 0 aliphatic rings. The van der Waals surface area contributed by atoms with E-state index in [9.17, 15) is 32.9 Å². The number of halogens is 3. The zero-order valence-corrected chi connectivity index (χ0v) is 18.6. The zero-order chi connectivity index (χ0) is 26.3. The van der Waals surface area contributed by atoms with Crippen molar-refractivity contribution < 1.29 is 32.0 Å². The number of rotatable bonds is 4. The number of carbonyl (C=O) groups excluding carboxylic acids is 1. The monoisotopic (exact) mass is 505 g/mol. The number of esters is 1. The summed E-state index contributed by atoms with van der Waals surface area (Å²) in [5.74, 6) is -2.86. The Morgan fingerprint density at radius 1 is 0.892 bits per heavy atom. The maximum Gasteiger partial charge on any atom is 0.450 e. The molecule has 7 nitrogen and oxygen atoms in total. The van der Waals surface area contributed by atoms with Crippen molar-refractivity contribution in [2.75, 3.05) is 0 Å². The molecular formula is C27H14F3NO6. The van der Waals surface area contributed by atoms with E-state index in [-0.39, 0.29) is 22.3 Å². The Hall–Kier alpha value is -4.99. The second-order valence-electron chi connectivity index (χ2n) is 7.98. The maximum atomic E-state index is 14.1. The van der Waals surface area contributed by atoms with Crippen LogP contribution in [-0.2, 0) is 6.18 Å². The molecular weight excluding hydrogens is 491 g/mol. The first kappa shape index (κ1) is 23.7. The highest BCUT2D eigenvalue weighted by molar-refractivity contribution is 5.99. The van der Waals surface area contributed by atoms with Crippen LogP contribution in [0.2, 0.25) is 0 Å². The number of hydrogen-bond donors (Lipinski definition) is 0. The van der Waals surface area contributed by atoms with Crippen LogP contribution in [0.15, 0.2) is 94.1 Å². The minimum Gasteiger partial charge on any atom is -0.450 e. The molecule has 0 fully saturated rings. The number of nitro benzene ring substituents is 1. The number of nitrogens with zero attached hydrogens (tertiary/aromatic N) is 1. The van der Waals surface area contributed by atoms with Gasteiger partial charge in [-0.05, 0) is 34.5 Å². The Morgan fingerprint density at radius 2 is 1.59 bits per heavy atom. The number of para-hydroxylation sites is 1. The molecule has 0 aliphatic heterocycles. The van der Waals surface area contributed by atoms with E-state index in [0.29, 0.717) is 10.8 Å². The van der Waals surface area contributed by atoms with Crippen LogP contribution in [0, 0.1) is 10.1 Å². The third-order valence-corrected chi connectivity index (χ3v) is 5.71. The second kappa shape index (κ2) is 8.90. The number of fused-ring (bicyclic) bond motifs is 2. The van der Waals surface area contributed by atoms with Gasteiger partial charge in [0.2, 0.25) is 11.2 Å². The Bertz CT molecular complexity index is 1770. The van der Waals surface area contributed by atoms with Crippen molar-refractivity contribution in [3.05, 3.63) is 117 Å². The summed E-state index contributed by atoms with van der Waals surface area (Å²) in [5.41, 5.74) is -2.81. The summed E-state index contributed by atoms with van der Waals surface area (Å²) in [7, 11) is 0. The molecule has 0 aliphatic carbocycles. The molecule has 0 unspecified atom stereocenters. The summed E-state index contributed by atoms with van der Waals surface area (Å²) >= 11 is 0. The van der Waals surface area contributed by atoms with Gasteiger partial charge in [0.25, 0.3) is 5.69 Å². The van der Waals surface area contributed by atoms with Gasteiger partial charge in [0.05, 0.1) is 15.9 Å². The average Bonchev–Trinajstić information content (AvgIpc) is 2.87. The second-order valence-corrected chi connectivity index (χ2v) is 7.98. The van der Waals surface area contributed by atoms with Crippen LogP contribution >= 0.6 is 0 Å². The summed E-state index contributed by atoms with van der Waals surface area (Å²) in [5, 5.41) is 12.1. The Labute approximate surface area is 205 Å². The Morgan fingerprint density at radius 3 is 2.35 bits per heavy atom. The van der Waals surface area contributed by atoms with E-state index in [1.165, 1.54) is 36.4 Å². The van der Waals surface area contributed by atoms with Crippen molar-refractivity contribution in [2.45, 2.75) is 6.18 Å². The van der Waals surface area contributed by atoms with Gasteiger partial charge >= 0.3 is 12.1 Å². The minimum atomic E-state index is -5.02. The van der Waals surface area contributed by atoms with Crippen LogP contribution in [0.5, 0.6) is 5.75 Å². The molecule has 0 atom stereocenters. The molecule has 0 spiro atoms. The SMILES string of the molecule is O=C(Oc1ccc2c(=O)c(-c3cccc4ccccc34)c(C(F)(F)F)oc2c1)c1ccccc1[N+](=O)[O-]. The molecule has 5 rings (SSSR count). The predicted octanol–water partition coefficient (Wildman–Crippen LogP) is 6.76. The highest BCUT2D eigenvalue weighted by atomic mass is 19.4. The van der Waals surface area contributed by atoms with Crippen molar-refractivity contribution in [2.24, 2.45) is 0 Å². The molecule has 0 saturated heterocycles. The van der Waals surface area contributed by atoms with Crippen molar-refractivity contribution in [1.82, 2.24) is 0 Å². The van der Waals surface area contributed by atoms with Gasteiger partial charge in [-0.1, -0.05) is 54.6 Å². The smallest absolute Gasteiger partial charge is 0.450 e. The van der Waals surface area contributed by atoms with Gasteiger partial charge < -0.3 is 9.15 Å². The summed E-state index contributed by atoms with van der Waals surface area (Å²) < 4.78 is 52.7. The third kappa shape index (κ3) is 4.29. The van der Waals surface area contributed by atoms with Gasteiger partial charge in [0.1, 0.15) is 16.9 Å². The molecule has 0 saturated carbocycles. The Kier molecular flexibility index (Phi) is 5.71. The van der Waals surface area contributed by atoms with E-state index in [0.717, 1.165) is 12.1 Å². The quantitative estimate of drug-likeness (QED) is 0.116. The van der Waals surface area contributed by atoms with Gasteiger partial charge in [-0.2, -0.15) is 13.2 Å². The highest BCUT2D eigenvalue weighted by Gasteiger charge is 2.39. The summed E-state index contributed by atoms with van der Waals surface area (Å²) in [6.45, 7) is 0. The maximum absolute atomic E-state index is 14.1. The van der Waals surface area contributed by atoms with E-state index in [4.69, 9.17) is 9.15 Å². The van der Waals surface area contributed by atoms with Gasteiger partial charge in [0.15, 0.2) is 0 Å². The third-order valence-electron chi connectivity index (χ3n) is 5.71. The molecule has 37 heavy (non-hydrogen) atoms. The van der Waals surface area contributed by atoms with Gasteiger partial charge in [-0.15, -0.1) is 0 Å². The highest BCUT2D eigenvalue weighted by Crippen LogP contribution is 2.40. The van der Waals surface area contributed by atoms with Crippen molar-refractivity contribution in [3.8, 4) is 16.9 Å². The fourth-order valence-corrected chi connectivity index (χ4v) is 4.09. The molecule has 0 amide bonds. The minimum absolute atomic E-state index is 0.0629. The average molecular weight is 505 g/mol. The van der Waals surface area contributed by atoms with Crippen LogP contribution in [0.3, 0.4) is 0 Å². The van der Waals surface area contributed by atoms with E-state index >= 15 is 0 Å². The van der Waals surface area contributed by atoms with E-state index in [1.54, 1.807) is 36.4 Å². The molecule has 1 aromatic heterocycles. The molecule has 0 bridgehead atoms. The number of carbonyl (C=O) groups is 1. The molecule has 0 radical (unpaired) electrons. The Balaban J connectivity index is 1.65. The standard InChI is InChI=1S/C27H14F3NO6/c28-27(29,30)25-23(18-10-5-7-15-6-1-2-8-17(15)18)24(32)20-13-12-16(14-22(20)37-25)36-26(33)19-9-3-4-11-21(19)31(34)35/h1-14H. The molecule has 10 heteroatoms. The number of nitro groups is 1. The molecule has 184 valence electrons.